The topological polar surface area (TPSA) is 75.7 Å². The van der Waals surface area contributed by atoms with Crippen molar-refractivity contribution in [3.8, 4) is 5.75 Å². The van der Waals surface area contributed by atoms with Gasteiger partial charge >= 0.3 is 0 Å². The third kappa shape index (κ3) is 3.09. The molecule has 0 amide bonds. The van der Waals surface area contributed by atoms with Gasteiger partial charge in [-0.15, -0.1) is 0 Å². The summed E-state index contributed by atoms with van der Waals surface area (Å²) in [6.45, 7) is 4.98. The van der Waals surface area contributed by atoms with Gasteiger partial charge in [0.25, 0.3) is 0 Å². The van der Waals surface area contributed by atoms with E-state index in [0.29, 0.717) is 18.3 Å². The molecule has 5 atom stereocenters. The zero-order valence-corrected chi connectivity index (χ0v) is 15.8. The molecule has 0 aliphatic heterocycles. The Kier molecular flexibility index (Phi) is 5.16. The summed E-state index contributed by atoms with van der Waals surface area (Å²) in [4.78, 5) is 0. The lowest BCUT2D eigenvalue weighted by molar-refractivity contribution is -0.00604. The molecule has 0 spiro atoms. The molecular formula is C21H33NO3. The lowest BCUT2D eigenvalue weighted by atomic mass is 9.59. The Hall–Kier alpha value is -1.10. The van der Waals surface area contributed by atoms with Crippen LogP contribution >= 0.6 is 0 Å². The highest BCUT2D eigenvalue weighted by atomic mass is 16.5. The van der Waals surface area contributed by atoms with Crippen molar-refractivity contribution in [2.24, 2.45) is 11.1 Å². The molecule has 4 N–H and O–H groups in total. The second-order valence-electron chi connectivity index (χ2n) is 8.44. The molecule has 25 heavy (non-hydrogen) atoms. The number of phenols is 1. The van der Waals surface area contributed by atoms with Gasteiger partial charge in [-0.25, -0.2) is 0 Å². The maximum atomic E-state index is 10.5. The molecule has 2 saturated carbocycles. The first kappa shape index (κ1) is 18.7. The van der Waals surface area contributed by atoms with Crippen LogP contribution in [0.1, 0.15) is 75.3 Å². The molecule has 3 rings (SSSR count). The van der Waals surface area contributed by atoms with Gasteiger partial charge in [0.05, 0.1) is 12.7 Å². The Morgan fingerprint density at radius 2 is 2.08 bits per heavy atom. The standard InChI is InChI=1S/C21H33NO3/c1-4-14(13-25-3)18-11-16(23)5-6-17(18)15-7-9-20(2)19(24)8-10-21(20,22)12-15/h5-6,11,14-15,19,23-24H,4,7-10,12-13,22H2,1-3H3/t14-,15-,19?,20+,21+/m0/s1. The number of rotatable bonds is 5. The third-order valence-corrected chi connectivity index (χ3v) is 7.17. The summed E-state index contributed by atoms with van der Waals surface area (Å²) in [6, 6.07) is 5.77. The van der Waals surface area contributed by atoms with E-state index in [4.69, 9.17) is 10.5 Å². The summed E-state index contributed by atoms with van der Waals surface area (Å²) >= 11 is 0. The maximum Gasteiger partial charge on any atom is 0.115 e. The molecule has 1 aromatic carbocycles. The number of fused-ring (bicyclic) bond motifs is 1. The van der Waals surface area contributed by atoms with E-state index in [1.807, 2.05) is 6.07 Å². The van der Waals surface area contributed by atoms with Crippen molar-refractivity contribution in [1.29, 1.82) is 0 Å². The first-order chi connectivity index (χ1) is 11.8. The van der Waals surface area contributed by atoms with Gasteiger partial charge in [0.2, 0.25) is 0 Å². The number of hydrogen-bond acceptors (Lipinski definition) is 4. The van der Waals surface area contributed by atoms with Crippen LogP contribution in [0.3, 0.4) is 0 Å². The fraction of sp³-hybridized carbons (Fsp3) is 0.714. The average molecular weight is 347 g/mol. The van der Waals surface area contributed by atoms with E-state index in [2.05, 4.69) is 19.9 Å². The van der Waals surface area contributed by atoms with Gasteiger partial charge in [0.1, 0.15) is 5.75 Å². The van der Waals surface area contributed by atoms with Gasteiger partial charge in [0, 0.05) is 24.0 Å². The molecule has 1 aromatic rings. The quantitative estimate of drug-likeness (QED) is 0.760. The van der Waals surface area contributed by atoms with Crippen molar-refractivity contribution >= 4 is 0 Å². The predicted molar refractivity (Wildman–Crippen MR) is 99.9 cm³/mol. The fourth-order valence-corrected chi connectivity index (χ4v) is 5.28. The molecule has 4 heteroatoms. The third-order valence-electron chi connectivity index (χ3n) is 7.17. The van der Waals surface area contributed by atoms with Crippen LogP contribution in [0.4, 0.5) is 0 Å². The van der Waals surface area contributed by atoms with Crippen molar-refractivity contribution in [3.63, 3.8) is 0 Å². The number of benzene rings is 1. The number of phenolic OH excluding ortho intramolecular Hbond substituents is 1. The Labute approximate surface area is 151 Å². The summed E-state index contributed by atoms with van der Waals surface area (Å²) in [5.74, 6) is 0.973. The zero-order valence-electron chi connectivity index (χ0n) is 15.8. The van der Waals surface area contributed by atoms with Crippen LogP contribution in [0.25, 0.3) is 0 Å². The van der Waals surface area contributed by atoms with E-state index < -0.39 is 0 Å². The van der Waals surface area contributed by atoms with E-state index in [1.165, 1.54) is 11.1 Å². The number of nitrogens with two attached hydrogens (primary N) is 1. The molecule has 4 nitrogen and oxygen atoms in total. The van der Waals surface area contributed by atoms with E-state index in [9.17, 15) is 10.2 Å². The Balaban J connectivity index is 1.93. The molecule has 0 heterocycles. The van der Waals surface area contributed by atoms with Gasteiger partial charge in [0.15, 0.2) is 0 Å². The van der Waals surface area contributed by atoms with Gasteiger partial charge in [-0.05, 0) is 67.7 Å². The highest BCUT2D eigenvalue weighted by Gasteiger charge is 2.57. The Bertz CT molecular complexity index is 619. The van der Waals surface area contributed by atoms with Crippen LogP contribution in [-0.2, 0) is 4.74 Å². The van der Waals surface area contributed by atoms with Crippen molar-refractivity contribution in [1.82, 2.24) is 0 Å². The number of hydrogen-bond donors (Lipinski definition) is 3. The lowest BCUT2D eigenvalue weighted by Crippen LogP contribution is -2.57. The highest BCUT2D eigenvalue weighted by molar-refractivity contribution is 5.40. The van der Waals surface area contributed by atoms with Crippen LogP contribution < -0.4 is 5.73 Å². The summed E-state index contributed by atoms with van der Waals surface area (Å²) in [7, 11) is 1.73. The van der Waals surface area contributed by atoms with E-state index in [0.717, 1.165) is 38.5 Å². The second kappa shape index (κ2) is 6.90. The molecule has 140 valence electrons. The van der Waals surface area contributed by atoms with Crippen LogP contribution in [0, 0.1) is 5.41 Å². The summed E-state index contributed by atoms with van der Waals surface area (Å²) in [5.41, 5.74) is 8.86. The Morgan fingerprint density at radius 1 is 1.32 bits per heavy atom. The second-order valence-corrected chi connectivity index (χ2v) is 8.44. The minimum absolute atomic E-state index is 0.169. The first-order valence-corrected chi connectivity index (χ1v) is 9.63. The molecule has 0 aromatic heterocycles. The Morgan fingerprint density at radius 3 is 2.76 bits per heavy atom. The number of ether oxygens (including phenoxy) is 1. The molecule has 2 aliphatic carbocycles. The zero-order chi connectivity index (χ0) is 18.2. The van der Waals surface area contributed by atoms with Gasteiger partial charge in [-0.1, -0.05) is 19.9 Å². The van der Waals surface area contributed by atoms with Crippen molar-refractivity contribution in [3.05, 3.63) is 29.3 Å². The molecule has 0 radical (unpaired) electrons. The summed E-state index contributed by atoms with van der Waals surface area (Å²) in [6.07, 6.45) is 5.29. The van der Waals surface area contributed by atoms with Crippen LogP contribution in [0.15, 0.2) is 18.2 Å². The molecule has 2 aliphatic rings. The van der Waals surface area contributed by atoms with Gasteiger partial charge < -0.3 is 20.7 Å². The largest absolute Gasteiger partial charge is 0.508 e. The number of aromatic hydroxyl groups is 1. The number of aliphatic hydroxyl groups is 1. The van der Waals surface area contributed by atoms with Crippen molar-refractivity contribution < 1.29 is 14.9 Å². The van der Waals surface area contributed by atoms with E-state index in [1.54, 1.807) is 13.2 Å². The minimum Gasteiger partial charge on any atom is -0.508 e. The normalized spacial score (nSPS) is 36.2. The number of methoxy groups -OCH3 is 1. The maximum absolute atomic E-state index is 10.5. The average Bonchev–Trinajstić information content (AvgIpc) is 2.83. The molecule has 1 unspecified atom stereocenters. The van der Waals surface area contributed by atoms with Gasteiger partial charge in [-0.2, -0.15) is 0 Å². The monoisotopic (exact) mass is 347 g/mol. The minimum atomic E-state index is -0.298. The molecular weight excluding hydrogens is 314 g/mol. The highest BCUT2D eigenvalue weighted by Crippen LogP contribution is 2.57. The summed E-state index contributed by atoms with van der Waals surface area (Å²) < 4.78 is 5.41. The van der Waals surface area contributed by atoms with E-state index >= 15 is 0 Å². The lowest BCUT2D eigenvalue weighted by Gasteiger charge is -2.49. The number of aliphatic hydroxyl groups excluding tert-OH is 1. The van der Waals surface area contributed by atoms with Crippen LogP contribution in [0.2, 0.25) is 0 Å². The predicted octanol–water partition coefficient (Wildman–Crippen LogP) is 3.66. The van der Waals surface area contributed by atoms with Crippen molar-refractivity contribution in [2.75, 3.05) is 13.7 Å². The van der Waals surface area contributed by atoms with Gasteiger partial charge in [-0.3, -0.25) is 0 Å². The first-order valence-electron chi connectivity index (χ1n) is 9.63. The summed E-state index contributed by atoms with van der Waals surface area (Å²) in [5, 5.41) is 20.5. The van der Waals surface area contributed by atoms with E-state index in [-0.39, 0.29) is 23.0 Å². The SMILES string of the molecule is CC[C@@H](COC)c1cc(O)ccc1[C@H]1CC[C@]2(C)C(O)CC[C@@]2(N)C1. The fourth-order valence-electron chi connectivity index (χ4n) is 5.28. The molecule has 0 bridgehead atoms. The molecule has 0 saturated heterocycles. The smallest absolute Gasteiger partial charge is 0.115 e. The van der Waals surface area contributed by atoms with Crippen molar-refractivity contribution in [2.45, 2.75) is 75.9 Å². The molecule has 2 fully saturated rings. The van der Waals surface area contributed by atoms with Crippen LogP contribution in [-0.4, -0.2) is 35.6 Å². The van der Waals surface area contributed by atoms with Crippen LogP contribution in [0.5, 0.6) is 5.75 Å².